The number of thiazole rings is 1. The fourth-order valence-corrected chi connectivity index (χ4v) is 2.94. The van der Waals surface area contributed by atoms with Crippen LogP contribution in [-0.2, 0) is 11.2 Å². The monoisotopic (exact) mass is 297 g/mol. The van der Waals surface area contributed by atoms with E-state index in [1.807, 2.05) is 26.3 Å². The van der Waals surface area contributed by atoms with Gasteiger partial charge in [-0.05, 0) is 33.6 Å². The summed E-state index contributed by atoms with van der Waals surface area (Å²) in [6.45, 7) is 5.93. The number of nitrogens with two attached hydrogens (primary N) is 1. The highest BCUT2D eigenvalue weighted by Gasteiger charge is 2.29. The number of carbonyl (C=O) groups is 1. The number of nitrogens with one attached hydrogen (secondary N) is 1. The molecule has 1 aliphatic rings. The minimum absolute atomic E-state index is 0.109. The zero-order valence-electron chi connectivity index (χ0n) is 12.3. The first-order valence-corrected chi connectivity index (χ1v) is 7.89. The first-order valence-electron chi connectivity index (χ1n) is 7.01. The molecule has 3 N–H and O–H groups in total. The smallest absolute Gasteiger partial charge is 0.407 e. The zero-order chi connectivity index (χ0) is 14.8. The lowest BCUT2D eigenvalue weighted by atomic mass is 10.1. The summed E-state index contributed by atoms with van der Waals surface area (Å²) in [4.78, 5) is 17.5. The third-order valence-corrected chi connectivity index (χ3v) is 3.94. The van der Waals surface area contributed by atoms with Gasteiger partial charge in [0.05, 0.1) is 11.2 Å². The summed E-state index contributed by atoms with van der Waals surface area (Å²) in [5.41, 5.74) is 8.34. The largest absolute Gasteiger partial charge is 0.444 e. The topological polar surface area (TPSA) is 77.2 Å². The van der Waals surface area contributed by atoms with Gasteiger partial charge in [-0.15, -0.1) is 11.3 Å². The SMILES string of the molecule is CC(C)(C)OC(=O)NC(CN)Cc1scnc1C1CC1. The van der Waals surface area contributed by atoms with Crippen molar-refractivity contribution < 1.29 is 9.53 Å². The van der Waals surface area contributed by atoms with Gasteiger partial charge in [0.25, 0.3) is 0 Å². The van der Waals surface area contributed by atoms with Crippen LogP contribution in [0.5, 0.6) is 0 Å². The van der Waals surface area contributed by atoms with Crippen molar-refractivity contribution in [1.82, 2.24) is 10.3 Å². The van der Waals surface area contributed by atoms with E-state index in [4.69, 9.17) is 10.5 Å². The Morgan fingerprint density at radius 3 is 2.85 bits per heavy atom. The maximum absolute atomic E-state index is 11.8. The van der Waals surface area contributed by atoms with Crippen LogP contribution in [0.4, 0.5) is 4.79 Å². The molecule has 112 valence electrons. The Hall–Kier alpha value is -1.14. The van der Waals surface area contributed by atoms with Gasteiger partial charge in [-0.1, -0.05) is 0 Å². The summed E-state index contributed by atoms with van der Waals surface area (Å²) in [5, 5.41) is 2.84. The van der Waals surface area contributed by atoms with Crippen LogP contribution in [0, 0.1) is 0 Å². The van der Waals surface area contributed by atoms with E-state index in [0.29, 0.717) is 12.5 Å². The Morgan fingerprint density at radius 1 is 1.60 bits per heavy atom. The molecule has 20 heavy (non-hydrogen) atoms. The average Bonchev–Trinajstić information content (AvgIpc) is 3.07. The van der Waals surface area contributed by atoms with Crippen LogP contribution in [-0.4, -0.2) is 29.3 Å². The maximum atomic E-state index is 11.8. The Labute approximate surface area is 123 Å². The predicted molar refractivity (Wildman–Crippen MR) is 80.0 cm³/mol. The zero-order valence-corrected chi connectivity index (χ0v) is 13.1. The molecule has 5 nitrogen and oxygen atoms in total. The van der Waals surface area contributed by atoms with Gasteiger partial charge in [0.2, 0.25) is 0 Å². The molecule has 2 rings (SSSR count). The molecule has 0 aliphatic heterocycles. The van der Waals surface area contributed by atoms with Gasteiger partial charge in [-0.25, -0.2) is 9.78 Å². The Kier molecular flexibility index (Phi) is 4.65. The summed E-state index contributed by atoms with van der Waals surface area (Å²) < 4.78 is 5.26. The second-order valence-electron chi connectivity index (χ2n) is 6.22. The molecular weight excluding hydrogens is 274 g/mol. The van der Waals surface area contributed by atoms with E-state index >= 15 is 0 Å². The fraction of sp³-hybridized carbons (Fsp3) is 0.714. The lowest BCUT2D eigenvalue weighted by Crippen LogP contribution is -2.44. The number of carbonyl (C=O) groups excluding carboxylic acids is 1. The molecule has 0 spiro atoms. The molecule has 1 aliphatic carbocycles. The third-order valence-electron chi connectivity index (χ3n) is 3.07. The summed E-state index contributed by atoms with van der Waals surface area (Å²) in [6.07, 6.45) is 2.77. The van der Waals surface area contributed by atoms with E-state index in [1.54, 1.807) is 11.3 Å². The number of alkyl carbamates (subject to hydrolysis) is 1. The van der Waals surface area contributed by atoms with Crippen molar-refractivity contribution in [2.45, 2.75) is 57.6 Å². The van der Waals surface area contributed by atoms with Crippen LogP contribution in [0.2, 0.25) is 0 Å². The van der Waals surface area contributed by atoms with Crippen LogP contribution in [0.15, 0.2) is 5.51 Å². The molecule has 1 atom stereocenters. The van der Waals surface area contributed by atoms with E-state index in [1.165, 1.54) is 23.4 Å². The number of aromatic nitrogens is 1. The molecule has 1 aromatic rings. The summed E-state index contributed by atoms with van der Waals surface area (Å²) >= 11 is 1.64. The van der Waals surface area contributed by atoms with E-state index in [-0.39, 0.29) is 6.04 Å². The minimum Gasteiger partial charge on any atom is -0.444 e. The number of nitrogens with zero attached hydrogens (tertiary/aromatic N) is 1. The van der Waals surface area contributed by atoms with Crippen molar-refractivity contribution in [2.75, 3.05) is 6.54 Å². The van der Waals surface area contributed by atoms with E-state index in [2.05, 4.69) is 10.3 Å². The van der Waals surface area contributed by atoms with E-state index in [9.17, 15) is 4.79 Å². The molecule has 1 aromatic heterocycles. The molecule has 1 saturated carbocycles. The van der Waals surface area contributed by atoms with Gasteiger partial charge in [0.1, 0.15) is 5.60 Å². The lowest BCUT2D eigenvalue weighted by Gasteiger charge is -2.23. The van der Waals surface area contributed by atoms with Gasteiger partial charge in [-0.2, -0.15) is 0 Å². The van der Waals surface area contributed by atoms with Crippen LogP contribution in [0.25, 0.3) is 0 Å². The van der Waals surface area contributed by atoms with Crippen molar-refractivity contribution in [2.24, 2.45) is 5.73 Å². The molecule has 1 amide bonds. The molecule has 0 aromatic carbocycles. The average molecular weight is 297 g/mol. The van der Waals surface area contributed by atoms with Crippen LogP contribution < -0.4 is 11.1 Å². The quantitative estimate of drug-likeness (QED) is 0.875. The van der Waals surface area contributed by atoms with Crippen molar-refractivity contribution in [3.63, 3.8) is 0 Å². The van der Waals surface area contributed by atoms with Gasteiger partial charge in [-0.3, -0.25) is 0 Å². The van der Waals surface area contributed by atoms with Crippen LogP contribution >= 0.6 is 11.3 Å². The predicted octanol–water partition coefficient (Wildman–Crippen LogP) is 2.42. The second-order valence-corrected chi connectivity index (χ2v) is 7.16. The number of ether oxygens (including phenoxy) is 1. The van der Waals surface area contributed by atoms with Crippen molar-refractivity contribution in [3.8, 4) is 0 Å². The molecule has 6 heteroatoms. The number of hydrogen-bond donors (Lipinski definition) is 2. The number of hydrogen-bond acceptors (Lipinski definition) is 5. The molecule has 0 saturated heterocycles. The van der Waals surface area contributed by atoms with Gasteiger partial charge < -0.3 is 15.8 Å². The summed E-state index contributed by atoms with van der Waals surface area (Å²) in [7, 11) is 0. The van der Waals surface area contributed by atoms with E-state index < -0.39 is 11.7 Å². The number of rotatable bonds is 5. The maximum Gasteiger partial charge on any atom is 0.407 e. The standard InChI is InChI=1S/C14H23N3O2S/c1-14(2,3)19-13(18)17-10(7-15)6-11-12(9-4-5-9)16-8-20-11/h8-10H,4-7,15H2,1-3H3,(H,17,18). The highest BCUT2D eigenvalue weighted by atomic mass is 32.1. The Morgan fingerprint density at radius 2 is 2.30 bits per heavy atom. The van der Waals surface area contributed by atoms with Crippen LogP contribution in [0.3, 0.4) is 0 Å². The van der Waals surface area contributed by atoms with Crippen molar-refractivity contribution in [3.05, 3.63) is 16.1 Å². The number of amides is 1. The molecular formula is C14H23N3O2S. The molecule has 0 radical (unpaired) electrons. The van der Waals surface area contributed by atoms with Crippen molar-refractivity contribution in [1.29, 1.82) is 0 Å². The fourth-order valence-electron chi connectivity index (χ4n) is 2.01. The van der Waals surface area contributed by atoms with Crippen LogP contribution in [0.1, 0.15) is 50.1 Å². The molecule has 1 unspecified atom stereocenters. The normalized spacial score (nSPS) is 16.8. The summed E-state index contributed by atoms with van der Waals surface area (Å²) in [6, 6.07) is -0.109. The Balaban J connectivity index is 1.91. The molecule has 1 heterocycles. The van der Waals surface area contributed by atoms with Gasteiger partial charge in [0, 0.05) is 29.8 Å². The highest BCUT2D eigenvalue weighted by Crippen LogP contribution is 2.42. The molecule has 0 bridgehead atoms. The highest BCUT2D eigenvalue weighted by molar-refractivity contribution is 7.09. The molecule has 1 fully saturated rings. The van der Waals surface area contributed by atoms with E-state index in [0.717, 1.165) is 6.42 Å². The minimum atomic E-state index is -0.493. The van der Waals surface area contributed by atoms with Gasteiger partial charge >= 0.3 is 6.09 Å². The second kappa shape index (κ2) is 6.10. The first kappa shape index (κ1) is 15.3. The summed E-state index contributed by atoms with van der Waals surface area (Å²) in [5.74, 6) is 0.621. The lowest BCUT2D eigenvalue weighted by molar-refractivity contribution is 0.0506. The van der Waals surface area contributed by atoms with Gasteiger partial charge in [0.15, 0.2) is 0 Å². The first-order chi connectivity index (χ1) is 9.39. The third kappa shape index (κ3) is 4.45. The Bertz CT molecular complexity index is 463. The van der Waals surface area contributed by atoms with Crippen molar-refractivity contribution >= 4 is 17.4 Å².